The highest BCUT2D eigenvalue weighted by Crippen LogP contribution is 2.26. The molecule has 0 saturated carbocycles. The third-order valence-corrected chi connectivity index (χ3v) is 4.04. The summed E-state index contributed by atoms with van der Waals surface area (Å²) in [5.41, 5.74) is 2.06. The zero-order chi connectivity index (χ0) is 15.5. The number of carbonyl (C=O) groups is 1. The van der Waals surface area contributed by atoms with Crippen LogP contribution in [0.5, 0.6) is 5.75 Å². The quantitative estimate of drug-likeness (QED) is 0.943. The Labute approximate surface area is 128 Å². The number of ether oxygens (including phenoxy) is 1. The largest absolute Gasteiger partial charge is 0.494 e. The van der Waals surface area contributed by atoms with Crippen LogP contribution in [-0.2, 0) is 0 Å². The number of piperidine rings is 1. The van der Waals surface area contributed by atoms with Gasteiger partial charge in [-0.2, -0.15) is 0 Å². The van der Waals surface area contributed by atoms with Crippen LogP contribution in [0.25, 0.3) is 11.1 Å². The summed E-state index contributed by atoms with van der Waals surface area (Å²) in [6.45, 7) is 1.62. The van der Waals surface area contributed by atoms with Gasteiger partial charge >= 0.3 is 0 Å². The Morgan fingerprint density at radius 2 is 1.95 bits per heavy atom. The van der Waals surface area contributed by atoms with E-state index in [1.807, 2.05) is 4.90 Å². The van der Waals surface area contributed by atoms with Gasteiger partial charge in [-0.1, -0.05) is 6.07 Å². The molecule has 1 saturated heterocycles. The second-order valence-electron chi connectivity index (χ2n) is 5.50. The molecule has 1 aromatic heterocycles. The topological polar surface area (TPSA) is 45.3 Å². The Bertz CT molecular complexity index is 675. The van der Waals surface area contributed by atoms with Crippen LogP contribution in [0, 0.1) is 5.82 Å². The average molecular weight is 302 g/mol. The lowest BCUT2D eigenvalue weighted by Gasteiger charge is -2.26. The highest BCUT2D eigenvalue weighted by Gasteiger charge is 2.19. The average Bonchev–Trinajstić information content (AvgIpc) is 3.05. The number of methoxy groups -OCH3 is 1. The standard InChI is InChI=1S/C17H19FN2O2/c1-22-16-6-5-12(9-14(16)18)13-10-15(19-11-13)17(21)20-7-3-2-4-8-20/h5-6,9-11,19H,2-4,7-8H2,1H3. The van der Waals surface area contributed by atoms with Crippen LogP contribution in [0.1, 0.15) is 29.8 Å². The van der Waals surface area contributed by atoms with Crippen LogP contribution in [-0.4, -0.2) is 36.0 Å². The Balaban J connectivity index is 1.81. The zero-order valence-electron chi connectivity index (χ0n) is 12.6. The molecule has 4 nitrogen and oxygen atoms in total. The molecule has 2 heterocycles. The van der Waals surface area contributed by atoms with E-state index in [0.717, 1.165) is 31.5 Å². The van der Waals surface area contributed by atoms with E-state index in [2.05, 4.69) is 4.98 Å². The van der Waals surface area contributed by atoms with Crippen LogP contribution in [0.2, 0.25) is 0 Å². The summed E-state index contributed by atoms with van der Waals surface area (Å²) in [6, 6.07) is 6.55. The third-order valence-electron chi connectivity index (χ3n) is 4.04. The first kappa shape index (κ1) is 14.6. The molecule has 116 valence electrons. The van der Waals surface area contributed by atoms with Crippen LogP contribution in [0.4, 0.5) is 4.39 Å². The fraction of sp³-hybridized carbons (Fsp3) is 0.353. The van der Waals surface area contributed by atoms with Gasteiger partial charge in [0.1, 0.15) is 5.69 Å². The molecule has 0 atom stereocenters. The first-order valence-corrected chi connectivity index (χ1v) is 7.50. The highest BCUT2D eigenvalue weighted by atomic mass is 19.1. The lowest BCUT2D eigenvalue weighted by atomic mass is 10.1. The molecule has 3 rings (SSSR count). The maximum Gasteiger partial charge on any atom is 0.270 e. The van der Waals surface area contributed by atoms with E-state index >= 15 is 0 Å². The molecule has 0 aliphatic carbocycles. The van der Waals surface area contributed by atoms with Crippen molar-refractivity contribution in [2.24, 2.45) is 0 Å². The molecule has 1 aliphatic rings. The van der Waals surface area contributed by atoms with E-state index in [0.29, 0.717) is 11.3 Å². The predicted octanol–water partition coefficient (Wildman–Crippen LogP) is 3.46. The maximum atomic E-state index is 13.8. The summed E-state index contributed by atoms with van der Waals surface area (Å²) in [7, 11) is 1.43. The van der Waals surface area contributed by atoms with Crippen molar-refractivity contribution in [2.45, 2.75) is 19.3 Å². The number of rotatable bonds is 3. The molecule has 2 aromatic rings. The number of H-pyrrole nitrogens is 1. The van der Waals surface area contributed by atoms with Crippen LogP contribution in [0.15, 0.2) is 30.5 Å². The van der Waals surface area contributed by atoms with Gasteiger partial charge in [0.15, 0.2) is 11.6 Å². The number of hydrogen-bond donors (Lipinski definition) is 1. The number of aromatic nitrogens is 1. The molecule has 1 aliphatic heterocycles. The SMILES string of the molecule is COc1ccc(-c2c[nH]c(C(=O)N3CCCCC3)c2)cc1F. The molecular formula is C17H19FN2O2. The number of aromatic amines is 1. The van der Waals surface area contributed by atoms with Gasteiger partial charge in [0.25, 0.3) is 5.91 Å². The van der Waals surface area contributed by atoms with Crippen molar-refractivity contribution in [3.8, 4) is 16.9 Å². The van der Waals surface area contributed by atoms with Gasteiger partial charge in [-0.15, -0.1) is 0 Å². The fourth-order valence-corrected chi connectivity index (χ4v) is 2.80. The van der Waals surface area contributed by atoms with Gasteiger partial charge < -0.3 is 14.6 Å². The second-order valence-corrected chi connectivity index (χ2v) is 5.50. The molecule has 1 amide bonds. The first-order valence-electron chi connectivity index (χ1n) is 7.50. The summed E-state index contributed by atoms with van der Waals surface area (Å²) in [5, 5.41) is 0. The number of nitrogens with zero attached hydrogens (tertiary/aromatic N) is 1. The minimum atomic E-state index is -0.412. The molecule has 0 unspecified atom stereocenters. The molecule has 1 N–H and O–H groups in total. The predicted molar refractivity (Wildman–Crippen MR) is 82.5 cm³/mol. The molecule has 0 spiro atoms. The minimum Gasteiger partial charge on any atom is -0.494 e. The number of amides is 1. The molecule has 0 radical (unpaired) electrons. The second kappa shape index (κ2) is 6.22. The Hall–Kier alpha value is -2.30. The Morgan fingerprint density at radius 3 is 2.64 bits per heavy atom. The number of hydrogen-bond acceptors (Lipinski definition) is 2. The smallest absolute Gasteiger partial charge is 0.270 e. The van der Waals surface area contributed by atoms with Crippen LogP contribution >= 0.6 is 0 Å². The van der Waals surface area contributed by atoms with E-state index < -0.39 is 5.82 Å². The third kappa shape index (κ3) is 2.84. The lowest BCUT2D eigenvalue weighted by molar-refractivity contribution is 0.0719. The molecule has 1 fully saturated rings. The highest BCUT2D eigenvalue weighted by molar-refractivity contribution is 5.94. The number of likely N-dealkylation sites (tertiary alicyclic amines) is 1. The first-order chi connectivity index (χ1) is 10.7. The number of halogens is 1. The van der Waals surface area contributed by atoms with Crippen LogP contribution in [0.3, 0.4) is 0 Å². The minimum absolute atomic E-state index is 0.0138. The van der Waals surface area contributed by atoms with Gasteiger partial charge in [-0.25, -0.2) is 4.39 Å². The van der Waals surface area contributed by atoms with E-state index in [4.69, 9.17) is 4.74 Å². The van der Waals surface area contributed by atoms with E-state index in [1.54, 1.807) is 24.4 Å². The van der Waals surface area contributed by atoms with Gasteiger partial charge in [0.05, 0.1) is 7.11 Å². The van der Waals surface area contributed by atoms with E-state index in [1.165, 1.54) is 19.6 Å². The lowest BCUT2D eigenvalue weighted by Crippen LogP contribution is -2.35. The van der Waals surface area contributed by atoms with Crippen molar-refractivity contribution in [3.63, 3.8) is 0 Å². The van der Waals surface area contributed by atoms with E-state index in [-0.39, 0.29) is 11.7 Å². The zero-order valence-corrected chi connectivity index (χ0v) is 12.6. The van der Waals surface area contributed by atoms with Crippen molar-refractivity contribution in [1.82, 2.24) is 9.88 Å². The van der Waals surface area contributed by atoms with Gasteiger partial charge in [0.2, 0.25) is 0 Å². The van der Waals surface area contributed by atoms with Crippen molar-refractivity contribution in [3.05, 3.63) is 42.0 Å². The number of benzene rings is 1. The molecule has 1 aromatic carbocycles. The Kier molecular flexibility index (Phi) is 4.13. The van der Waals surface area contributed by atoms with Gasteiger partial charge in [-0.3, -0.25) is 4.79 Å². The normalized spacial score (nSPS) is 14.9. The van der Waals surface area contributed by atoms with Crippen molar-refractivity contribution < 1.29 is 13.9 Å². The van der Waals surface area contributed by atoms with Crippen molar-refractivity contribution >= 4 is 5.91 Å². The van der Waals surface area contributed by atoms with Gasteiger partial charge in [-0.05, 0) is 43.0 Å². The van der Waals surface area contributed by atoms with Crippen LogP contribution < -0.4 is 4.74 Å². The molecular weight excluding hydrogens is 283 g/mol. The summed E-state index contributed by atoms with van der Waals surface area (Å²) in [6.07, 6.45) is 5.04. The van der Waals surface area contributed by atoms with Crippen molar-refractivity contribution in [2.75, 3.05) is 20.2 Å². The summed E-state index contributed by atoms with van der Waals surface area (Å²) in [4.78, 5) is 17.3. The van der Waals surface area contributed by atoms with Gasteiger partial charge in [0, 0.05) is 24.8 Å². The number of carbonyl (C=O) groups excluding carboxylic acids is 1. The molecule has 22 heavy (non-hydrogen) atoms. The summed E-state index contributed by atoms with van der Waals surface area (Å²) < 4.78 is 18.7. The monoisotopic (exact) mass is 302 g/mol. The maximum absolute atomic E-state index is 13.8. The van der Waals surface area contributed by atoms with Crippen molar-refractivity contribution in [1.29, 1.82) is 0 Å². The molecule has 0 bridgehead atoms. The summed E-state index contributed by atoms with van der Waals surface area (Å²) >= 11 is 0. The Morgan fingerprint density at radius 1 is 1.18 bits per heavy atom. The van der Waals surface area contributed by atoms with E-state index in [9.17, 15) is 9.18 Å². The number of nitrogens with one attached hydrogen (secondary N) is 1. The fourth-order valence-electron chi connectivity index (χ4n) is 2.80. The summed E-state index contributed by atoms with van der Waals surface area (Å²) in [5.74, 6) is -0.186. The molecule has 5 heteroatoms.